The predicted molar refractivity (Wildman–Crippen MR) is 69.0 cm³/mol. The summed E-state index contributed by atoms with van der Waals surface area (Å²) in [6.07, 6.45) is 4.17. The summed E-state index contributed by atoms with van der Waals surface area (Å²) in [6, 6.07) is 3.77. The smallest absolute Gasteiger partial charge is 0.228 e. The zero-order chi connectivity index (χ0) is 13.0. The zero-order valence-corrected chi connectivity index (χ0v) is 11.0. The van der Waals surface area contributed by atoms with Crippen molar-refractivity contribution in [2.75, 3.05) is 6.54 Å². The molecule has 0 aliphatic carbocycles. The van der Waals surface area contributed by atoms with Crippen molar-refractivity contribution in [2.24, 2.45) is 0 Å². The Labute approximate surface area is 107 Å². The van der Waals surface area contributed by atoms with Crippen LogP contribution >= 0.6 is 0 Å². The molecule has 5 nitrogen and oxygen atoms in total. The minimum atomic E-state index is 0.103. The van der Waals surface area contributed by atoms with Crippen LogP contribution in [-0.2, 0) is 6.42 Å². The molecule has 1 N–H and O–H groups in total. The van der Waals surface area contributed by atoms with Crippen LogP contribution in [0.3, 0.4) is 0 Å². The fraction of sp³-hybridized carbons (Fsp3) is 0.462. The number of aromatic nitrogens is 3. The first-order valence-electron chi connectivity index (χ1n) is 6.03. The number of hydrogen-bond donors (Lipinski definition) is 1. The van der Waals surface area contributed by atoms with Gasteiger partial charge in [0.25, 0.3) is 0 Å². The molecule has 0 aliphatic rings. The number of hydrogen-bond acceptors (Lipinski definition) is 5. The molecular weight excluding hydrogens is 228 g/mol. The summed E-state index contributed by atoms with van der Waals surface area (Å²) in [6.45, 7) is 7.20. The van der Waals surface area contributed by atoms with E-state index in [1.54, 1.807) is 12.4 Å². The van der Waals surface area contributed by atoms with Gasteiger partial charge in [-0.15, -0.1) is 0 Å². The third kappa shape index (κ3) is 3.63. The average molecular weight is 246 g/mol. The minimum absolute atomic E-state index is 0.103. The van der Waals surface area contributed by atoms with Crippen molar-refractivity contribution in [3.05, 3.63) is 30.4 Å². The Morgan fingerprint density at radius 3 is 2.83 bits per heavy atom. The summed E-state index contributed by atoms with van der Waals surface area (Å²) >= 11 is 0. The van der Waals surface area contributed by atoms with Gasteiger partial charge in [0.05, 0.1) is 0 Å². The normalized spacial score (nSPS) is 11.7. The van der Waals surface area contributed by atoms with Crippen molar-refractivity contribution in [3.8, 4) is 11.4 Å². The molecule has 2 aromatic heterocycles. The van der Waals surface area contributed by atoms with Crippen LogP contribution in [0.2, 0.25) is 0 Å². The van der Waals surface area contributed by atoms with Gasteiger partial charge in [0.2, 0.25) is 11.7 Å². The van der Waals surface area contributed by atoms with E-state index in [1.165, 1.54) is 0 Å². The molecule has 0 amide bonds. The third-order valence-corrected chi connectivity index (χ3v) is 2.38. The number of nitrogens with one attached hydrogen (secondary N) is 1. The summed E-state index contributed by atoms with van der Waals surface area (Å²) < 4.78 is 5.20. The molecule has 5 heteroatoms. The number of pyridine rings is 1. The van der Waals surface area contributed by atoms with Crippen LogP contribution < -0.4 is 5.32 Å². The van der Waals surface area contributed by atoms with E-state index in [2.05, 4.69) is 41.2 Å². The molecule has 96 valence electrons. The van der Waals surface area contributed by atoms with Crippen molar-refractivity contribution >= 4 is 0 Å². The lowest BCUT2D eigenvalue weighted by Gasteiger charge is -2.19. The Morgan fingerprint density at radius 2 is 2.17 bits per heavy atom. The lowest BCUT2D eigenvalue weighted by atomic mass is 10.1. The third-order valence-electron chi connectivity index (χ3n) is 2.38. The van der Waals surface area contributed by atoms with Crippen LogP contribution in [0.15, 0.2) is 29.0 Å². The molecule has 0 aromatic carbocycles. The van der Waals surface area contributed by atoms with Crippen LogP contribution in [0.5, 0.6) is 0 Å². The van der Waals surface area contributed by atoms with E-state index >= 15 is 0 Å². The maximum Gasteiger partial charge on any atom is 0.228 e. The van der Waals surface area contributed by atoms with Gasteiger partial charge in [-0.1, -0.05) is 5.16 Å². The topological polar surface area (TPSA) is 63.8 Å². The van der Waals surface area contributed by atoms with E-state index in [0.717, 1.165) is 18.5 Å². The average Bonchev–Trinajstić information content (AvgIpc) is 2.77. The van der Waals surface area contributed by atoms with Crippen LogP contribution in [0.1, 0.15) is 26.7 Å². The van der Waals surface area contributed by atoms with E-state index in [1.807, 2.05) is 12.1 Å². The Balaban J connectivity index is 1.95. The monoisotopic (exact) mass is 246 g/mol. The van der Waals surface area contributed by atoms with E-state index < -0.39 is 0 Å². The van der Waals surface area contributed by atoms with Crippen LogP contribution in [0.4, 0.5) is 0 Å². The molecule has 2 aromatic rings. The molecule has 0 fully saturated rings. The molecule has 0 saturated heterocycles. The summed E-state index contributed by atoms with van der Waals surface area (Å²) in [5, 5.41) is 7.33. The highest BCUT2D eigenvalue weighted by atomic mass is 16.5. The van der Waals surface area contributed by atoms with Crippen molar-refractivity contribution in [1.29, 1.82) is 0 Å². The molecule has 0 bridgehead atoms. The van der Waals surface area contributed by atoms with Gasteiger partial charge in [0, 0.05) is 36.5 Å². The quantitative estimate of drug-likeness (QED) is 0.894. The minimum Gasteiger partial charge on any atom is -0.339 e. The Kier molecular flexibility index (Phi) is 3.72. The Morgan fingerprint density at radius 1 is 1.33 bits per heavy atom. The molecule has 0 atom stereocenters. The SMILES string of the molecule is CC(C)(C)NCCc1nc(-c2cccnc2)no1. The van der Waals surface area contributed by atoms with Gasteiger partial charge >= 0.3 is 0 Å². The predicted octanol–water partition coefficient (Wildman–Crippen LogP) is 2.06. The molecule has 2 heterocycles. The Bertz CT molecular complexity index is 487. The van der Waals surface area contributed by atoms with Crippen molar-refractivity contribution in [2.45, 2.75) is 32.7 Å². The van der Waals surface area contributed by atoms with Gasteiger partial charge in [-0.25, -0.2) is 0 Å². The van der Waals surface area contributed by atoms with Gasteiger partial charge in [0.1, 0.15) is 0 Å². The van der Waals surface area contributed by atoms with E-state index in [4.69, 9.17) is 4.52 Å². The van der Waals surface area contributed by atoms with Gasteiger partial charge in [0.15, 0.2) is 0 Å². The molecule has 18 heavy (non-hydrogen) atoms. The molecule has 0 saturated carbocycles. The van der Waals surface area contributed by atoms with Gasteiger partial charge in [-0.2, -0.15) is 4.98 Å². The second kappa shape index (κ2) is 5.27. The molecule has 2 rings (SSSR count). The van der Waals surface area contributed by atoms with Crippen molar-refractivity contribution in [3.63, 3.8) is 0 Å². The van der Waals surface area contributed by atoms with E-state index in [0.29, 0.717) is 11.7 Å². The molecule has 0 unspecified atom stereocenters. The highest BCUT2D eigenvalue weighted by Crippen LogP contribution is 2.13. The maximum atomic E-state index is 5.20. The Hall–Kier alpha value is -1.75. The van der Waals surface area contributed by atoms with Crippen LogP contribution in [0.25, 0.3) is 11.4 Å². The highest BCUT2D eigenvalue weighted by Gasteiger charge is 2.11. The summed E-state index contributed by atoms with van der Waals surface area (Å²) in [4.78, 5) is 8.37. The standard InChI is InChI=1S/C13H18N4O/c1-13(2,3)15-8-6-11-16-12(17-18-11)10-5-4-7-14-9-10/h4-5,7,9,15H,6,8H2,1-3H3. The van der Waals surface area contributed by atoms with E-state index in [-0.39, 0.29) is 5.54 Å². The van der Waals surface area contributed by atoms with Crippen LogP contribution in [-0.4, -0.2) is 27.2 Å². The molecule has 0 aliphatic heterocycles. The van der Waals surface area contributed by atoms with Gasteiger partial charge in [-0.3, -0.25) is 4.98 Å². The zero-order valence-electron chi connectivity index (χ0n) is 11.0. The van der Waals surface area contributed by atoms with Crippen LogP contribution in [0, 0.1) is 0 Å². The van der Waals surface area contributed by atoms with Crippen molar-refractivity contribution < 1.29 is 4.52 Å². The molecule has 0 radical (unpaired) electrons. The largest absolute Gasteiger partial charge is 0.339 e. The second-order valence-electron chi connectivity index (χ2n) is 5.18. The number of rotatable bonds is 4. The fourth-order valence-corrected chi connectivity index (χ4v) is 1.51. The maximum absolute atomic E-state index is 5.20. The first-order chi connectivity index (χ1) is 8.54. The second-order valence-corrected chi connectivity index (χ2v) is 5.18. The van der Waals surface area contributed by atoms with Crippen molar-refractivity contribution in [1.82, 2.24) is 20.4 Å². The first-order valence-corrected chi connectivity index (χ1v) is 6.03. The molecular formula is C13H18N4O. The highest BCUT2D eigenvalue weighted by molar-refractivity contribution is 5.51. The van der Waals surface area contributed by atoms with E-state index in [9.17, 15) is 0 Å². The van der Waals surface area contributed by atoms with Gasteiger partial charge < -0.3 is 9.84 Å². The lowest BCUT2D eigenvalue weighted by Crippen LogP contribution is -2.37. The molecule has 0 spiro atoms. The first kappa shape index (κ1) is 12.7. The fourth-order valence-electron chi connectivity index (χ4n) is 1.51. The summed E-state index contributed by atoms with van der Waals surface area (Å²) in [5.74, 6) is 1.24. The lowest BCUT2D eigenvalue weighted by molar-refractivity contribution is 0.362. The number of nitrogens with zero attached hydrogens (tertiary/aromatic N) is 3. The summed E-state index contributed by atoms with van der Waals surface area (Å²) in [7, 11) is 0. The summed E-state index contributed by atoms with van der Waals surface area (Å²) in [5.41, 5.74) is 0.975. The van der Waals surface area contributed by atoms with Gasteiger partial charge in [-0.05, 0) is 32.9 Å².